The quantitative estimate of drug-likeness (QED) is 0.702. The molecule has 1 heterocycles. The molecule has 0 aromatic heterocycles. The normalized spacial score (nSPS) is 13.2. The Morgan fingerprint density at radius 1 is 0.931 bits per heavy atom. The number of fused-ring (bicyclic) bond motifs is 1. The lowest BCUT2D eigenvalue weighted by Crippen LogP contribution is -2.29. The number of rotatable bonds is 4. The van der Waals surface area contributed by atoms with Crippen molar-refractivity contribution in [2.45, 2.75) is 25.2 Å². The van der Waals surface area contributed by atoms with Gasteiger partial charge < -0.3 is 5.32 Å². The Bertz CT molecular complexity index is 1170. The zero-order valence-electron chi connectivity index (χ0n) is 16.3. The molecule has 5 nitrogen and oxygen atoms in total. The molecular weight excluding hydrogens is 384 g/mol. The third kappa shape index (κ3) is 3.76. The summed E-state index contributed by atoms with van der Waals surface area (Å²) in [6.07, 6.45) is 0.575. The van der Waals surface area contributed by atoms with Crippen LogP contribution in [0.2, 0.25) is 0 Å². The number of amides is 1. The molecule has 148 valence electrons. The van der Waals surface area contributed by atoms with Gasteiger partial charge in [-0.1, -0.05) is 24.3 Å². The second-order valence-corrected chi connectivity index (χ2v) is 9.18. The maximum Gasteiger partial charge on any atom is 0.264 e. The van der Waals surface area contributed by atoms with Crippen LogP contribution in [0.15, 0.2) is 71.6 Å². The van der Waals surface area contributed by atoms with E-state index in [0.717, 1.165) is 22.4 Å². The Hall–Kier alpha value is -3.12. The maximum atomic E-state index is 13.0. The predicted molar refractivity (Wildman–Crippen MR) is 115 cm³/mol. The summed E-state index contributed by atoms with van der Waals surface area (Å²) in [6, 6.07) is 19.5. The molecule has 0 spiro atoms. The van der Waals surface area contributed by atoms with Gasteiger partial charge in [0.15, 0.2) is 0 Å². The third-order valence-corrected chi connectivity index (χ3v) is 6.83. The fourth-order valence-electron chi connectivity index (χ4n) is 3.73. The highest BCUT2D eigenvalue weighted by Gasteiger charge is 2.31. The van der Waals surface area contributed by atoms with Gasteiger partial charge in [-0.3, -0.25) is 9.10 Å². The molecule has 0 radical (unpaired) electrons. The Kier molecular flexibility index (Phi) is 4.88. The first-order valence-corrected chi connectivity index (χ1v) is 10.9. The highest BCUT2D eigenvalue weighted by Crippen LogP contribution is 2.33. The summed E-state index contributed by atoms with van der Waals surface area (Å²) >= 11 is 0. The smallest absolute Gasteiger partial charge is 0.264 e. The van der Waals surface area contributed by atoms with Gasteiger partial charge in [-0.2, -0.15) is 0 Å². The predicted octanol–water partition coefficient (Wildman–Crippen LogP) is 4.31. The van der Waals surface area contributed by atoms with Gasteiger partial charge in [0.25, 0.3) is 15.9 Å². The highest BCUT2D eigenvalue weighted by molar-refractivity contribution is 7.92. The van der Waals surface area contributed by atoms with Crippen LogP contribution in [-0.4, -0.2) is 20.9 Å². The number of aryl methyl sites for hydroxylation is 2. The molecule has 0 aliphatic carbocycles. The summed E-state index contributed by atoms with van der Waals surface area (Å²) in [5.74, 6) is -0.206. The molecule has 0 atom stereocenters. The number of carbonyl (C=O) groups is 1. The molecule has 0 saturated carbocycles. The zero-order chi connectivity index (χ0) is 20.6. The van der Waals surface area contributed by atoms with Crippen LogP contribution in [0.3, 0.4) is 0 Å². The molecule has 1 amide bonds. The Morgan fingerprint density at radius 3 is 2.31 bits per heavy atom. The van der Waals surface area contributed by atoms with Gasteiger partial charge in [0, 0.05) is 17.8 Å². The molecule has 4 rings (SSSR count). The van der Waals surface area contributed by atoms with E-state index in [1.54, 1.807) is 48.5 Å². The van der Waals surface area contributed by atoms with Crippen molar-refractivity contribution in [3.8, 4) is 0 Å². The highest BCUT2D eigenvalue weighted by atomic mass is 32.2. The number of sulfonamides is 1. The van der Waals surface area contributed by atoms with Crippen molar-refractivity contribution in [1.29, 1.82) is 0 Å². The van der Waals surface area contributed by atoms with Gasteiger partial charge >= 0.3 is 0 Å². The number of nitrogens with one attached hydrogen (secondary N) is 1. The van der Waals surface area contributed by atoms with Crippen LogP contribution >= 0.6 is 0 Å². The summed E-state index contributed by atoms with van der Waals surface area (Å²) in [5.41, 5.74) is 4.92. The topological polar surface area (TPSA) is 66.5 Å². The average molecular weight is 407 g/mol. The molecule has 6 heteroatoms. The number of benzene rings is 3. The molecule has 0 unspecified atom stereocenters. The first-order valence-electron chi connectivity index (χ1n) is 9.45. The van der Waals surface area contributed by atoms with Crippen LogP contribution in [-0.2, 0) is 16.4 Å². The number of hydrogen-bond acceptors (Lipinski definition) is 3. The van der Waals surface area contributed by atoms with E-state index in [2.05, 4.69) is 5.32 Å². The molecule has 1 aliphatic heterocycles. The first-order chi connectivity index (χ1) is 13.8. The lowest BCUT2D eigenvalue weighted by molar-refractivity contribution is 0.102. The molecule has 29 heavy (non-hydrogen) atoms. The molecule has 0 fully saturated rings. The average Bonchev–Trinajstić information content (AvgIpc) is 3.12. The van der Waals surface area contributed by atoms with Crippen molar-refractivity contribution in [3.05, 3.63) is 89.0 Å². The number of nitrogens with zero attached hydrogens (tertiary/aromatic N) is 1. The summed E-state index contributed by atoms with van der Waals surface area (Å²) in [7, 11) is -3.61. The summed E-state index contributed by atoms with van der Waals surface area (Å²) in [5, 5.41) is 2.93. The van der Waals surface area contributed by atoms with Crippen molar-refractivity contribution >= 4 is 27.3 Å². The van der Waals surface area contributed by atoms with E-state index in [9.17, 15) is 13.2 Å². The fraction of sp³-hybridized carbons (Fsp3) is 0.174. The Labute approximate surface area is 171 Å². The van der Waals surface area contributed by atoms with E-state index in [1.165, 1.54) is 4.31 Å². The van der Waals surface area contributed by atoms with Crippen LogP contribution in [0.1, 0.15) is 27.0 Å². The Morgan fingerprint density at radius 2 is 1.62 bits per heavy atom. The molecule has 0 bridgehead atoms. The monoisotopic (exact) mass is 406 g/mol. The minimum absolute atomic E-state index is 0.206. The third-order valence-electron chi connectivity index (χ3n) is 5.01. The van der Waals surface area contributed by atoms with Gasteiger partial charge in [0.05, 0.1) is 10.6 Å². The molecule has 3 aromatic rings. The van der Waals surface area contributed by atoms with Gasteiger partial charge in [0.1, 0.15) is 0 Å². The number of carbonyl (C=O) groups excluding carboxylic acids is 1. The number of hydrogen-bond donors (Lipinski definition) is 1. The molecular formula is C23H22N2O3S. The minimum atomic E-state index is -3.61. The van der Waals surface area contributed by atoms with Crippen molar-refractivity contribution in [2.75, 3.05) is 16.2 Å². The van der Waals surface area contributed by atoms with Crippen molar-refractivity contribution in [1.82, 2.24) is 0 Å². The van der Waals surface area contributed by atoms with Gasteiger partial charge in [-0.15, -0.1) is 0 Å². The van der Waals surface area contributed by atoms with E-state index >= 15 is 0 Å². The van der Waals surface area contributed by atoms with Crippen LogP contribution < -0.4 is 9.62 Å². The summed E-state index contributed by atoms with van der Waals surface area (Å²) in [4.78, 5) is 13.0. The van der Waals surface area contributed by atoms with Gasteiger partial charge in [-0.05, 0) is 79.4 Å². The molecule has 3 aromatic carbocycles. The van der Waals surface area contributed by atoms with E-state index in [1.807, 2.05) is 32.0 Å². The van der Waals surface area contributed by atoms with Gasteiger partial charge in [0.2, 0.25) is 0 Å². The second-order valence-electron chi connectivity index (χ2n) is 7.31. The minimum Gasteiger partial charge on any atom is -0.322 e. The summed E-state index contributed by atoms with van der Waals surface area (Å²) < 4.78 is 27.4. The zero-order valence-corrected chi connectivity index (χ0v) is 17.2. The van der Waals surface area contributed by atoms with Crippen molar-refractivity contribution < 1.29 is 13.2 Å². The SMILES string of the molecule is Cc1cc(C)cc(NC(=O)c2ccc3c(c2)CCN3S(=O)(=O)c2ccccc2)c1. The fourth-order valence-corrected chi connectivity index (χ4v) is 5.26. The van der Waals surface area contributed by atoms with Crippen molar-refractivity contribution in [2.24, 2.45) is 0 Å². The standard InChI is InChI=1S/C23H22N2O3S/c1-16-12-17(2)14-20(13-16)24-23(26)19-8-9-22-18(15-19)10-11-25(22)29(27,28)21-6-4-3-5-7-21/h3-9,12-15H,10-11H2,1-2H3,(H,24,26). The second kappa shape index (κ2) is 7.37. The van der Waals surface area contributed by atoms with Crippen LogP contribution in [0, 0.1) is 13.8 Å². The van der Waals surface area contributed by atoms with E-state index in [0.29, 0.717) is 24.2 Å². The van der Waals surface area contributed by atoms with Gasteiger partial charge in [-0.25, -0.2) is 8.42 Å². The lowest BCUT2D eigenvalue weighted by Gasteiger charge is -2.19. The van der Waals surface area contributed by atoms with E-state index in [4.69, 9.17) is 0 Å². The first kappa shape index (κ1) is 19.2. The molecule has 0 saturated heterocycles. The largest absolute Gasteiger partial charge is 0.322 e. The van der Waals surface area contributed by atoms with Crippen molar-refractivity contribution in [3.63, 3.8) is 0 Å². The maximum absolute atomic E-state index is 13.0. The van der Waals surface area contributed by atoms with Crippen LogP contribution in [0.25, 0.3) is 0 Å². The molecule has 1 N–H and O–H groups in total. The van der Waals surface area contributed by atoms with Crippen LogP contribution in [0.4, 0.5) is 11.4 Å². The van der Waals surface area contributed by atoms with E-state index < -0.39 is 10.0 Å². The van der Waals surface area contributed by atoms with Crippen LogP contribution in [0.5, 0.6) is 0 Å². The molecule has 1 aliphatic rings. The summed E-state index contributed by atoms with van der Waals surface area (Å²) in [6.45, 7) is 4.34. The lowest BCUT2D eigenvalue weighted by atomic mass is 10.1. The number of anilines is 2. The Balaban J connectivity index is 1.59. The van der Waals surface area contributed by atoms with E-state index in [-0.39, 0.29) is 10.8 Å².